The Kier molecular flexibility index (Phi) is 5.51. The van der Waals surface area contributed by atoms with Gasteiger partial charge in [-0.1, -0.05) is 42.5 Å². The third-order valence-corrected chi connectivity index (χ3v) is 5.63. The van der Waals surface area contributed by atoms with E-state index in [0.29, 0.717) is 18.5 Å². The minimum absolute atomic E-state index is 0.0180. The van der Waals surface area contributed by atoms with Gasteiger partial charge in [0.2, 0.25) is 5.91 Å². The molecule has 2 aliphatic heterocycles. The molecule has 3 amide bonds. The first-order valence-electron chi connectivity index (χ1n) is 9.90. The van der Waals surface area contributed by atoms with E-state index in [0.717, 1.165) is 24.1 Å². The summed E-state index contributed by atoms with van der Waals surface area (Å²) < 4.78 is 39.3. The molecular weight excluding hydrogens is 395 g/mol. The number of hydrogen-bond donors (Lipinski definition) is 1. The van der Waals surface area contributed by atoms with Crippen LogP contribution in [0.4, 0.5) is 18.0 Å². The van der Waals surface area contributed by atoms with Gasteiger partial charge >= 0.3 is 12.2 Å². The highest BCUT2D eigenvalue weighted by Gasteiger charge is 2.47. The molecule has 8 heteroatoms. The molecular formula is C22H22F3N3O2. The van der Waals surface area contributed by atoms with Crippen molar-refractivity contribution in [3.8, 4) is 0 Å². The summed E-state index contributed by atoms with van der Waals surface area (Å²) >= 11 is 0. The molecule has 2 aromatic rings. The number of rotatable bonds is 4. The first kappa shape index (κ1) is 20.4. The number of benzene rings is 2. The number of carbonyl (C=O) groups is 2. The number of nitrogens with zero attached hydrogens (tertiary/aromatic N) is 2. The second-order valence-electron chi connectivity index (χ2n) is 7.66. The van der Waals surface area contributed by atoms with Gasteiger partial charge in [0.25, 0.3) is 0 Å². The number of hydrogen-bond acceptors (Lipinski definition) is 3. The number of nitrogens with one attached hydrogen (secondary N) is 1. The normalized spacial score (nSPS) is 22.2. The van der Waals surface area contributed by atoms with Gasteiger partial charge in [0.1, 0.15) is 6.04 Å². The molecule has 2 saturated heterocycles. The van der Waals surface area contributed by atoms with Crippen LogP contribution in [0.15, 0.2) is 54.6 Å². The van der Waals surface area contributed by atoms with Crippen LogP contribution in [0.2, 0.25) is 0 Å². The minimum Gasteiger partial charge on any atom is -0.315 e. The van der Waals surface area contributed by atoms with Crippen LogP contribution in [-0.2, 0) is 24.1 Å². The molecule has 0 aromatic heterocycles. The van der Waals surface area contributed by atoms with Crippen LogP contribution in [0.25, 0.3) is 0 Å². The number of amides is 3. The van der Waals surface area contributed by atoms with E-state index in [1.165, 1.54) is 15.9 Å². The molecule has 2 unspecified atom stereocenters. The van der Waals surface area contributed by atoms with Crippen LogP contribution in [-0.4, -0.2) is 40.4 Å². The number of piperidine rings is 1. The Balaban J connectivity index is 1.63. The molecule has 158 valence electrons. The molecule has 2 heterocycles. The summed E-state index contributed by atoms with van der Waals surface area (Å²) in [5.74, 6) is -0.283. The number of carbonyl (C=O) groups excluding carboxylic acids is 2. The number of imide groups is 1. The molecule has 2 aromatic carbocycles. The number of fused-ring (bicyclic) bond motifs is 1. The topological polar surface area (TPSA) is 52.7 Å². The Hall–Kier alpha value is -2.87. The van der Waals surface area contributed by atoms with Crippen molar-refractivity contribution in [2.24, 2.45) is 0 Å². The largest absolute Gasteiger partial charge is 0.416 e. The van der Waals surface area contributed by atoms with Crippen molar-refractivity contribution in [1.29, 1.82) is 0 Å². The van der Waals surface area contributed by atoms with Crippen LogP contribution in [0.3, 0.4) is 0 Å². The first-order chi connectivity index (χ1) is 14.3. The lowest BCUT2D eigenvalue weighted by Crippen LogP contribution is -2.68. The first-order valence-corrected chi connectivity index (χ1v) is 9.90. The van der Waals surface area contributed by atoms with Crippen LogP contribution >= 0.6 is 0 Å². The van der Waals surface area contributed by atoms with Crippen molar-refractivity contribution in [1.82, 2.24) is 15.1 Å². The number of alkyl halides is 3. The molecule has 30 heavy (non-hydrogen) atoms. The zero-order chi connectivity index (χ0) is 21.3. The van der Waals surface area contributed by atoms with Gasteiger partial charge in [0.05, 0.1) is 18.2 Å². The maximum absolute atomic E-state index is 13.3. The maximum Gasteiger partial charge on any atom is 0.416 e. The lowest BCUT2D eigenvalue weighted by atomic mass is 9.92. The quantitative estimate of drug-likeness (QED) is 0.824. The van der Waals surface area contributed by atoms with E-state index in [4.69, 9.17) is 0 Å². The highest BCUT2D eigenvalue weighted by atomic mass is 19.4. The second-order valence-corrected chi connectivity index (χ2v) is 7.66. The molecule has 4 rings (SSSR count). The van der Waals surface area contributed by atoms with E-state index >= 15 is 0 Å². The molecule has 1 N–H and O–H groups in total. The standard InChI is InChI=1S/C22H22F3N3O2/c23-22(24,25)17-9-4-8-16(12-17)14-27-18-10-5-11-26-19(18)20(29)28(21(27)30)13-15-6-2-1-3-7-15/h1-4,6-9,12,18-19,26H,5,10-11,13-14H2. The van der Waals surface area contributed by atoms with E-state index in [9.17, 15) is 22.8 Å². The Morgan fingerprint density at radius 2 is 1.70 bits per heavy atom. The molecule has 5 nitrogen and oxygen atoms in total. The Labute approximate surface area is 172 Å². The molecule has 2 fully saturated rings. The van der Waals surface area contributed by atoms with Crippen molar-refractivity contribution in [3.05, 3.63) is 71.3 Å². The number of halogens is 3. The van der Waals surface area contributed by atoms with Crippen molar-refractivity contribution in [2.45, 2.75) is 44.2 Å². The van der Waals surface area contributed by atoms with Gasteiger partial charge in [-0.15, -0.1) is 0 Å². The minimum atomic E-state index is -4.45. The van der Waals surface area contributed by atoms with Gasteiger partial charge in [-0.2, -0.15) is 13.2 Å². The fraction of sp³-hybridized carbons (Fsp3) is 0.364. The molecule has 0 saturated carbocycles. The molecule has 2 aliphatic rings. The summed E-state index contributed by atoms with van der Waals surface area (Å²) in [6.45, 7) is 0.810. The summed E-state index contributed by atoms with van der Waals surface area (Å²) in [4.78, 5) is 29.0. The van der Waals surface area contributed by atoms with Gasteiger partial charge in [0, 0.05) is 6.54 Å². The molecule has 0 aliphatic carbocycles. The summed E-state index contributed by atoms with van der Waals surface area (Å²) in [5.41, 5.74) is 0.448. The molecule has 2 atom stereocenters. The zero-order valence-corrected chi connectivity index (χ0v) is 16.2. The van der Waals surface area contributed by atoms with Gasteiger partial charge < -0.3 is 10.2 Å². The summed E-state index contributed by atoms with van der Waals surface area (Å²) in [6, 6.07) is 12.8. The molecule has 0 bridgehead atoms. The van der Waals surface area contributed by atoms with Gasteiger partial charge in [-0.25, -0.2) is 4.79 Å². The van der Waals surface area contributed by atoms with E-state index in [1.54, 1.807) is 6.07 Å². The fourth-order valence-corrected chi connectivity index (χ4v) is 4.16. The van der Waals surface area contributed by atoms with Gasteiger partial charge in [0.15, 0.2) is 0 Å². The lowest BCUT2D eigenvalue weighted by molar-refractivity contribution is -0.138. The van der Waals surface area contributed by atoms with Crippen molar-refractivity contribution in [2.75, 3.05) is 6.54 Å². The lowest BCUT2D eigenvalue weighted by Gasteiger charge is -2.47. The smallest absolute Gasteiger partial charge is 0.315 e. The Morgan fingerprint density at radius 3 is 2.43 bits per heavy atom. The Morgan fingerprint density at radius 1 is 0.967 bits per heavy atom. The zero-order valence-electron chi connectivity index (χ0n) is 16.2. The van der Waals surface area contributed by atoms with Crippen molar-refractivity contribution < 1.29 is 22.8 Å². The average Bonchev–Trinajstić information content (AvgIpc) is 2.74. The monoisotopic (exact) mass is 417 g/mol. The van der Waals surface area contributed by atoms with E-state index < -0.39 is 23.8 Å². The van der Waals surface area contributed by atoms with E-state index in [-0.39, 0.29) is 25.0 Å². The highest BCUT2D eigenvalue weighted by molar-refractivity contribution is 6.00. The predicted octanol–water partition coefficient (Wildman–Crippen LogP) is 3.79. The van der Waals surface area contributed by atoms with Crippen molar-refractivity contribution >= 4 is 11.9 Å². The fourth-order valence-electron chi connectivity index (χ4n) is 4.16. The SMILES string of the molecule is O=C1C2NCCCC2N(Cc2cccc(C(F)(F)F)c2)C(=O)N1Cc1ccccc1. The average molecular weight is 417 g/mol. The summed E-state index contributed by atoms with van der Waals surface area (Å²) in [7, 11) is 0. The maximum atomic E-state index is 13.3. The summed E-state index contributed by atoms with van der Waals surface area (Å²) in [5, 5.41) is 3.19. The predicted molar refractivity (Wildman–Crippen MR) is 104 cm³/mol. The van der Waals surface area contributed by atoms with Gasteiger partial charge in [-0.3, -0.25) is 9.69 Å². The van der Waals surface area contributed by atoms with Crippen LogP contribution in [0.5, 0.6) is 0 Å². The Bertz CT molecular complexity index is 933. The van der Waals surface area contributed by atoms with Crippen LogP contribution in [0, 0.1) is 0 Å². The molecule has 0 spiro atoms. The van der Waals surface area contributed by atoms with Crippen LogP contribution < -0.4 is 5.32 Å². The summed E-state index contributed by atoms with van der Waals surface area (Å²) in [6.07, 6.45) is -3.03. The highest BCUT2D eigenvalue weighted by Crippen LogP contribution is 2.31. The third kappa shape index (κ3) is 4.05. The molecule has 0 radical (unpaired) electrons. The van der Waals surface area contributed by atoms with Gasteiger partial charge in [-0.05, 0) is 42.6 Å². The third-order valence-electron chi connectivity index (χ3n) is 5.63. The number of urea groups is 1. The van der Waals surface area contributed by atoms with E-state index in [2.05, 4.69) is 5.32 Å². The van der Waals surface area contributed by atoms with Crippen LogP contribution in [0.1, 0.15) is 29.5 Å². The van der Waals surface area contributed by atoms with Crippen molar-refractivity contribution in [3.63, 3.8) is 0 Å². The second kappa shape index (κ2) is 8.10. The van der Waals surface area contributed by atoms with E-state index in [1.807, 2.05) is 30.3 Å².